The largest absolute Gasteiger partial charge is 0.452 e. The molecule has 54 heavy (non-hydrogen) atoms. The van der Waals surface area contributed by atoms with E-state index in [-0.39, 0.29) is 6.61 Å². The van der Waals surface area contributed by atoms with E-state index in [2.05, 4.69) is 0 Å². The molecule has 0 aromatic heterocycles. The molecule has 0 bridgehead atoms. The number of nitro benzene ring substituents is 2. The third kappa shape index (κ3) is 7.58. The van der Waals surface area contributed by atoms with E-state index in [1.807, 2.05) is 91.0 Å². The van der Waals surface area contributed by atoms with Gasteiger partial charge in [0.25, 0.3) is 11.4 Å². The number of benzene rings is 5. The van der Waals surface area contributed by atoms with Crippen LogP contribution >= 0.6 is 0 Å². The minimum Gasteiger partial charge on any atom is -0.452 e. The fourth-order valence-electron chi connectivity index (χ4n) is 6.44. The summed E-state index contributed by atoms with van der Waals surface area (Å²) in [6, 6.07) is 38.2. The van der Waals surface area contributed by atoms with Crippen molar-refractivity contribution in [2.24, 2.45) is 0 Å². The van der Waals surface area contributed by atoms with Crippen LogP contribution in [-0.4, -0.2) is 71.3 Å². The number of carbonyl (C=O) groups is 2. The lowest BCUT2D eigenvalue weighted by Gasteiger charge is -2.44. The van der Waals surface area contributed by atoms with Gasteiger partial charge in [0, 0.05) is 19.2 Å². The van der Waals surface area contributed by atoms with E-state index in [9.17, 15) is 34.9 Å². The monoisotopic (exact) mass is 734 g/mol. The van der Waals surface area contributed by atoms with Crippen molar-refractivity contribution in [2.45, 2.75) is 36.3 Å². The molecular weight excluding hydrogens is 700 g/mol. The van der Waals surface area contributed by atoms with Gasteiger partial charge in [-0.25, -0.2) is 9.59 Å². The molecule has 1 aliphatic heterocycles. The van der Waals surface area contributed by atoms with E-state index in [0.717, 1.165) is 28.8 Å². The molecule has 5 atom stereocenters. The summed E-state index contributed by atoms with van der Waals surface area (Å²) in [5.41, 5.74) is -1.04. The molecule has 276 valence electrons. The summed E-state index contributed by atoms with van der Waals surface area (Å²) in [4.78, 5) is 49.1. The fraction of sp³-hybridized carbons (Fsp3) is 0.200. The number of aliphatic hydroxyl groups excluding tert-OH is 1. The summed E-state index contributed by atoms with van der Waals surface area (Å²) >= 11 is 0. The van der Waals surface area contributed by atoms with Crippen molar-refractivity contribution < 1.29 is 48.2 Å². The predicted molar refractivity (Wildman–Crippen MR) is 191 cm³/mol. The maximum absolute atomic E-state index is 13.6. The summed E-state index contributed by atoms with van der Waals surface area (Å²) in [6.45, 7) is -0.357. The van der Waals surface area contributed by atoms with Crippen LogP contribution in [0.1, 0.15) is 37.4 Å². The summed E-state index contributed by atoms with van der Waals surface area (Å²) in [6.07, 6.45) is -8.16. The van der Waals surface area contributed by atoms with Crippen molar-refractivity contribution in [3.63, 3.8) is 0 Å². The van der Waals surface area contributed by atoms with Crippen LogP contribution in [0.15, 0.2) is 140 Å². The van der Waals surface area contributed by atoms with Crippen LogP contribution in [0, 0.1) is 20.2 Å². The molecule has 0 saturated carbocycles. The Balaban J connectivity index is 1.39. The quantitative estimate of drug-likeness (QED) is 0.0645. The topological polar surface area (TPSA) is 187 Å². The molecule has 0 aliphatic carbocycles. The van der Waals surface area contributed by atoms with Gasteiger partial charge in [-0.2, -0.15) is 0 Å². The van der Waals surface area contributed by atoms with Gasteiger partial charge in [0.15, 0.2) is 18.5 Å². The lowest BCUT2D eigenvalue weighted by atomic mass is 9.80. The minimum absolute atomic E-state index is 0.357. The van der Waals surface area contributed by atoms with Gasteiger partial charge >= 0.3 is 11.9 Å². The number of methoxy groups -OCH3 is 1. The number of hydrogen-bond donors (Lipinski definition) is 1. The Kier molecular flexibility index (Phi) is 11.5. The first-order valence-electron chi connectivity index (χ1n) is 16.7. The van der Waals surface area contributed by atoms with Crippen molar-refractivity contribution in [2.75, 3.05) is 13.7 Å². The zero-order valence-electron chi connectivity index (χ0n) is 28.7. The molecule has 5 aromatic rings. The van der Waals surface area contributed by atoms with E-state index in [4.69, 9.17) is 23.7 Å². The smallest absolute Gasteiger partial charge is 0.345 e. The van der Waals surface area contributed by atoms with Gasteiger partial charge in [-0.15, -0.1) is 0 Å². The predicted octanol–water partition coefficient (Wildman–Crippen LogP) is 5.99. The van der Waals surface area contributed by atoms with E-state index in [1.165, 1.54) is 43.5 Å². The summed E-state index contributed by atoms with van der Waals surface area (Å²) in [5.74, 6) is -2.43. The van der Waals surface area contributed by atoms with Gasteiger partial charge in [0.1, 0.15) is 28.9 Å². The highest BCUT2D eigenvalue weighted by molar-refractivity contribution is 5.95. The highest BCUT2D eigenvalue weighted by Gasteiger charge is 2.52. The highest BCUT2D eigenvalue weighted by Crippen LogP contribution is 2.41. The summed E-state index contributed by atoms with van der Waals surface area (Å²) in [5, 5.41) is 35.5. The molecule has 0 radical (unpaired) electrons. The lowest BCUT2D eigenvalue weighted by Crippen LogP contribution is -2.62. The van der Waals surface area contributed by atoms with Crippen LogP contribution in [0.25, 0.3) is 0 Å². The van der Waals surface area contributed by atoms with Crippen LogP contribution < -0.4 is 0 Å². The molecule has 14 nitrogen and oxygen atoms in total. The maximum Gasteiger partial charge on any atom is 0.345 e. The second-order valence-corrected chi connectivity index (χ2v) is 12.1. The molecule has 6 rings (SSSR count). The SMILES string of the molecule is CO[C@H]1O[C@H](COC(c2ccccc2)(c2ccccc2)c2ccccc2)[C@@H](O)[C@H](OC(=O)c2ccccc2[N+](=O)[O-])[C@H]1OC(=O)c1ccccc1[N+](=O)[O-]. The first-order chi connectivity index (χ1) is 26.1. The van der Waals surface area contributed by atoms with E-state index < -0.39 is 80.6 Å². The molecule has 14 heteroatoms. The summed E-state index contributed by atoms with van der Waals surface area (Å²) in [7, 11) is 1.22. The third-order valence-corrected chi connectivity index (χ3v) is 8.98. The van der Waals surface area contributed by atoms with Gasteiger partial charge in [0.05, 0.1) is 16.5 Å². The zero-order valence-corrected chi connectivity index (χ0v) is 28.7. The van der Waals surface area contributed by atoms with Crippen molar-refractivity contribution in [1.82, 2.24) is 0 Å². The molecule has 0 spiro atoms. The number of aliphatic hydroxyl groups is 1. The Hall–Kier alpha value is -6.32. The molecule has 0 amide bonds. The van der Waals surface area contributed by atoms with Gasteiger partial charge in [-0.3, -0.25) is 20.2 Å². The van der Waals surface area contributed by atoms with Gasteiger partial charge in [-0.1, -0.05) is 115 Å². The molecule has 0 unspecified atom stereocenters. The number of nitro groups is 2. The molecular formula is C40H34N2O12. The van der Waals surface area contributed by atoms with Crippen molar-refractivity contribution in [1.29, 1.82) is 0 Å². The van der Waals surface area contributed by atoms with Gasteiger partial charge in [-0.05, 0) is 28.8 Å². The number of carbonyl (C=O) groups excluding carboxylic acids is 2. The average Bonchev–Trinajstić information content (AvgIpc) is 3.21. The number of rotatable bonds is 13. The second kappa shape index (κ2) is 16.6. The Morgan fingerprint density at radius 3 is 1.44 bits per heavy atom. The molecule has 1 N–H and O–H groups in total. The van der Waals surface area contributed by atoms with Crippen LogP contribution in [0.2, 0.25) is 0 Å². The van der Waals surface area contributed by atoms with Crippen molar-refractivity contribution in [3.05, 3.63) is 188 Å². The van der Waals surface area contributed by atoms with Crippen LogP contribution in [0.5, 0.6) is 0 Å². The van der Waals surface area contributed by atoms with E-state index in [1.54, 1.807) is 0 Å². The van der Waals surface area contributed by atoms with Crippen LogP contribution in [-0.2, 0) is 29.3 Å². The molecule has 5 aromatic carbocycles. The van der Waals surface area contributed by atoms with Crippen molar-refractivity contribution in [3.8, 4) is 0 Å². The molecule has 1 fully saturated rings. The van der Waals surface area contributed by atoms with E-state index in [0.29, 0.717) is 0 Å². The number of para-hydroxylation sites is 2. The third-order valence-electron chi connectivity index (χ3n) is 8.98. The van der Waals surface area contributed by atoms with Gasteiger partial charge < -0.3 is 28.8 Å². The highest BCUT2D eigenvalue weighted by atomic mass is 16.7. The normalized spacial score (nSPS) is 19.7. The Morgan fingerprint density at radius 1 is 0.648 bits per heavy atom. The maximum atomic E-state index is 13.6. The number of hydrogen-bond acceptors (Lipinski definition) is 12. The summed E-state index contributed by atoms with van der Waals surface area (Å²) < 4.78 is 30.0. The van der Waals surface area contributed by atoms with Crippen LogP contribution in [0.4, 0.5) is 11.4 Å². The number of nitrogens with zero attached hydrogens (tertiary/aromatic N) is 2. The number of esters is 2. The zero-order chi connectivity index (χ0) is 38.2. The Morgan fingerprint density at radius 2 is 1.04 bits per heavy atom. The fourth-order valence-corrected chi connectivity index (χ4v) is 6.44. The standard InChI is InChI=1S/C40H34N2O12/c1-50-39-36(54-38(45)30-22-12-14-24-32(30)42(48)49)35(53-37(44)29-21-11-13-23-31(29)41(46)47)34(43)33(52-39)25-51-40(26-15-5-2-6-16-26,27-17-7-3-8-18-27)28-19-9-4-10-20-28/h2-24,33-36,39,43H,25H2,1H3/t33-,34-,35+,36-,39+/m1/s1. The minimum atomic E-state index is -1.80. The van der Waals surface area contributed by atoms with Crippen LogP contribution in [0.3, 0.4) is 0 Å². The lowest BCUT2D eigenvalue weighted by molar-refractivity contribution is -0.385. The Labute approximate surface area is 308 Å². The Bertz CT molecular complexity index is 2000. The second-order valence-electron chi connectivity index (χ2n) is 12.1. The van der Waals surface area contributed by atoms with Crippen molar-refractivity contribution >= 4 is 23.3 Å². The average molecular weight is 735 g/mol. The molecule has 1 saturated heterocycles. The number of ether oxygens (including phenoxy) is 5. The molecule has 1 aliphatic rings. The first kappa shape index (κ1) is 37.4. The van der Waals surface area contributed by atoms with E-state index >= 15 is 0 Å². The molecule has 1 heterocycles. The van der Waals surface area contributed by atoms with Gasteiger partial charge in [0.2, 0.25) is 0 Å². The first-order valence-corrected chi connectivity index (χ1v) is 16.7.